The van der Waals surface area contributed by atoms with Gasteiger partial charge in [0.15, 0.2) is 11.6 Å². The van der Waals surface area contributed by atoms with E-state index in [1.165, 1.54) is 32.1 Å². The summed E-state index contributed by atoms with van der Waals surface area (Å²) in [5.41, 5.74) is 0.718. The monoisotopic (exact) mass is 267 g/mol. The summed E-state index contributed by atoms with van der Waals surface area (Å²) in [4.78, 5) is 0. The van der Waals surface area contributed by atoms with E-state index in [1.807, 2.05) is 6.92 Å². The predicted molar refractivity (Wildman–Crippen MR) is 74.0 cm³/mol. The van der Waals surface area contributed by atoms with Crippen LogP contribution in [0, 0.1) is 17.0 Å². The molecule has 0 aliphatic heterocycles. The zero-order valence-corrected chi connectivity index (χ0v) is 11.8. The maximum atomic E-state index is 13.7. The van der Waals surface area contributed by atoms with E-state index in [1.54, 1.807) is 12.1 Å². The normalized spacial score (nSPS) is 20.2. The fourth-order valence-electron chi connectivity index (χ4n) is 2.95. The lowest BCUT2D eigenvalue weighted by Crippen LogP contribution is -2.35. The van der Waals surface area contributed by atoms with Crippen molar-refractivity contribution < 1.29 is 8.78 Å². The molecule has 0 aromatic heterocycles. The Kier molecular flexibility index (Phi) is 4.56. The van der Waals surface area contributed by atoms with Gasteiger partial charge in [-0.1, -0.05) is 38.3 Å². The summed E-state index contributed by atoms with van der Waals surface area (Å²) in [5.74, 6) is -1.49. The van der Waals surface area contributed by atoms with Crippen LogP contribution in [0.2, 0.25) is 0 Å². The predicted octanol–water partition coefficient (Wildman–Crippen LogP) is 4.59. The Balaban J connectivity index is 1.97. The lowest BCUT2D eigenvalue weighted by atomic mass is 9.75. The second-order valence-electron chi connectivity index (χ2n) is 6.12. The molecule has 1 nitrogen and oxygen atoms in total. The van der Waals surface area contributed by atoms with Gasteiger partial charge in [0.25, 0.3) is 0 Å². The lowest BCUT2D eigenvalue weighted by molar-refractivity contribution is 0.201. The Labute approximate surface area is 114 Å². The molecular formula is C16H23F2N. The third-order valence-corrected chi connectivity index (χ3v) is 4.34. The van der Waals surface area contributed by atoms with Crippen molar-refractivity contribution in [2.24, 2.45) is 5.41 Å². The van der Waals surface area contributed by atoms with Crippen molar-refractivity contribution in [2.45, 2.75) is 52.0 Å². The average molecular weight is 267 g/mol. The van der Waals surface area contributed by atoms with Crippen LogP contribution in [0.25, 0.3) is 0 Å². The van der Waals surface area contributed by atoms with Gasteiger partial charge in [-0.05, 0) is 31.2 Å². The Morgan fingerprint density at radius 3 is 2.58 bits per heavy atom. The van der Waals surface area contributed by atoms with Gasteiger partial charge in [0.05, 0.1) is 0 Å². The van der Waals surface area contributed by atoms with Crippen molar-refractivity contribution in [2.75, 3.05) is 6.54 Å². The smallest absolute Gasteiger partial charge is 0.163 e. The van der Waals surface area contributed by atoms with Crippen LogP contribution in [0.5, 0.6) is 0 Å². The molecule has 0 spiro atoms. The summed E-state index contributed by atoms with van der Waals surface area (Å²) >= 11 is 0. The molecule has 1 aliphatic rings. The van der Waals surface area contributed by atoms with Gasteiger partial charge in [-0.15, -0.1) is 0 Å². The minimum Gasteiger partial charge on any atom is -0.310 e. The van der Waals surface area contributed by atoms with Crippen molar-refractivity contribution in [3.05, 3.63) is 35.4 Å². The number of rotatable bonds is 4. The number of benzene rings is 1. The van der Waals surface area contributed by atoms with Crippen LogP contribution in [0.1, 0.15) is 57.6 Å². The minimum absolute atomic E-state index is 0.158. The maximum absolute atomic E-state index is 13.7. The zero-order valence-electron chi connectivity index (χ0n) is 11.8. The molecule has 1 aromatic carbocycles. The summed E-state index contributed by atoms with van der Waals surface area (Å²) in [6, 6.07) is 4.22. The fraction of sp³-hybridized carbons (Fsp3) is 0.625. The summed E-state index contributed by atoms with van der Waals surface area (Å²) < 4.78 is 26.9. The van der Waals surface area contributed by atoms with Crippen molar-refractivity contribution in [1.29, 1.82) is 0 Å². The van der Waals surface area contributed by atoms with E-state index in [0.717, 1.165) is 12.6 Å². The average Bonchev–Trinajstić information content (AvgIpc) is 2.40. The lowest BCUT2D eigenvalue weighted by Gasteiger charge is -2.35. The van der Waals surface area contributed by atoms with Crippen LogP contribution >= 0.6 is 0 Å². The highest BCUT2D eigenvalue weighted by atomic mass is 19.2. The molecule has 0 amide bonds. The first-order valence-corrected chi connectivity index (χ1v) is 7.19. The Bertz CT molecular complexity index is 425. The topological polar surface area (TPSA) is 12.0 Å². The highest BCUT2D eigenvalue weighted by Crippen LogP contribution is 2.35. The van der Waals surface area contributed by atoms with Gasteiger partial charge in [0.2, 0.25) is 0 Å². The second-order valence-corrected chi connectivity index (χ2v) is 6.12. The Morgan fingerprint density at radius 1 is 1.21 bits per heavy atom. The van der Waals surface area contributed by atoms with E-state index in [9.17, 15) is 8.78 Å². The van der Waals surface area contributed by atoms with Gasteiger partial charge in [0.1, 0.15) is 0 Å². The van der Waals surface area contributed by atoms with Crippen LogP contribution in [-0.2, 0) is 0 Å². The van der Waals surface area contributed by atoms with E-state index in [-0.39, 0.29) is 6.04 Å². The zero-order chi connectivity index (χ0) is 13.9. The third kappa shape index (κ3) is 3.53. The van der Waals surface area contributed by atoms with E-state index >= 15 is 0 Å². The maximum Gasteiger partial charge on any atom is 0.163 e. The highest BCUT2D eigenvalue weighted by molar-refractivity contribution is 5.22. The molecule has 1 N–H and O–H groups in total. The van der Waals surface area contributed by atoms with Crippen molar-refractivity contribution in [3.8, 4) is 0 Å². The van der Waals surface area contributed by atoms with Gasteiger partial charge in [-0.25, -0.2) is 8.78 Å². The standard InChI is InChI=1S/C16H23F2N/c1-12(13-7-6-8-14(17)15(13)18)19-11-16(2)9-4-3-5-10-16/h6-8,12,19H,3-5,9-11H2,1-2H3. The summed E-state index contributed by atoms with van der Waals surface area (Å²) in [6.45, 7) is 5.04. The molecule has 3 heteroatoms. The molecule has 1 unspecified atom stereocenters. The number of nitrogens with one attached hydrogen (secondary N) is 1. The fourth-order valence-corrected chi connectivity index (χ4v) is 2.95. The minimum atomic E-state index is -0.768. The highest BCUT2D eigenvalue weighted by Gasteiger charge is 2.27. The molecule has 0 heterocycles. The second kappa shape index (κ2) is 6.00. The summed E-state index contributed by atoms with van der Waals surface area (Å²) in [6.07, 6.45) is 6.32. The first kappa shape index (κ1) is 14.4. The Hall–Kier alpha value is -0.960. The number of hydrogen-bond acceptors (Lipinski definition) is 1. The molecule has 0 bridgehead atoms. The third-order valence-electron chi connectivity index (χ3n) is 4.34. The van der Waals surface area contributed by atoms with Crippen LogP contribution in [0.4, 0.5) is 8.78 Å². The molecule has 0 saturated heterocycles. The first-order valence-electron chi connectivity index (χ1n) is 7.19. The van der Waals surface area contributed by atoms with Crippen LogP contribution in [0.3, 0.4) is 0 Å². The number of halogens is 2. The molecular weight excluding hydrogens is 244 g/mol. The molecule has 1 aromatic rings. The molecule has 1 saturated carbocycles. The van der Waals surface area contributed by atoms with Crippen molar-refractivity contribution in [3.63, 3.8) is 0 Å². The van der Waals surface area contributed by atoms with Crippen molar-refractivity contribution in [1.82, 2.24) is 5.32 Å². The van der Waals surface area contributed by atoms with E-state index in [2.05, 4.69) is 12.2 Å². The summed E-state index contributed by atoms with van der Waals surface area (Å²) in [5, 5.41) is 3.37. The van der Waals surface area contributed by atoms with E-state index < -0.39 is 11.6 Å². The molecule has 106 valence electrons. The SMILES string of the molecule is CC(NCC1(C)CCCCC1)c1cccc(F)c1F. The quantitative estimate of drug-likeness (QED) is 0.841. The van der Waals surface area contributed by atoms with E-state index in [0.29, 0.717) is 11.0 Å². The Morgan fingerprint density at radius 2 is 1.89 bits per heavy atom. The molecule has 19 heavy (non-hydrogen) atoms. The van der Waals surface area contributed by atoms with Gasteiger partial charge < -0.3 is 5.32 Å². The van der Waals surface area contributed by atoms with Gasteiger partial charge in [0, 0.05) is 18.2 Å². The van der Waals surface area contributed by atoms with E-state index in [4.69, 9.17) is 0 Å². The molecule has 0 radical (unpaired) electrons. The molecule has 2 rings (SSSR count). The molecule has 1 aliphatic carbocycles. The van der Waals surface area contributed by atoms with Gasteiger partial charge in [-0.3, -0.25) is 0 Å². The largest absolute Gasteiger partial charge is 0.310 e. The van der Waals surface area contributed by atoms with Crippen LogP contribution < -0.4 is 5.32 Å². The van der Waals surface area contributed by atoms with Gasteiger partial charge in [-0.2, -0.15) is 0 Å². The molecule has 1 fully saturated rings. The summed E-state index contributed by atoms with van der Waals surface area (Å²) in [7, 11) is 0. The first-order chi connectivity index (χ1) is 9.02. The van der Waals surface area contributed by atoms with Crippen LogP contribution in [0.15, 0.2) is 18.2 Å². The van der Waals surface area contributed by atoms with Crippen molar-refractivity contribution >= 4 is 0 Å². The molecule has 1 atom stereocenters. The number of hydrogen-bond donors (Lipinski definition) is 1. The van der Waals surface area contributed by atoms with Gasteiger partial charge >= 0.3 is 0 Å². The van der Waals surface area contributed by atoms with Crippen LogP contribution in [-0.4, -0.2) is 6.54 Å².